The van der Waals surface area contributed by atoms with Gasteiger partial charge in [0.15, 0.2) is 0 Å². The third-order valence-corrected chi connectivity index (χ3v) is 6.20. The van der Waals surface area contributed by atoms with E-state index in [0.717, 1.165) is 32.8 Å². The molecule has 2 aromatic carbocycles. The van der Waals surface area contributed by atoms with Crippen molar-refractivity contribution in [3.8, 4) is 0 Å². The van der Waals surface area contributed by atoms with Gasteiger partial charge in [0.2, 0.25) is 0 Å². The number of hydrogen-bond donors (Lipinski definition) is 1. The molecule has 1 aliphatic heterocycles. The number of carbonyl (C=O) groups excluding carboxylic acids is 2. The summed E-state index contributed by atoms with van der Waals surface area (Å²) in [5.41, 5.74) is 6.33. The van der Waals surface area contributed by atoms with Crippen LogP contribution in [-0.2, 0) is 9.59 Å². The third kappa shape index (κ3) is 3.28. The molecule has 5 heteroatoms. The monoisotopic (exact) mass is 402 g/mol. The molecule has 1 N–H and O–H groups in total. The molecule has 0 aliphatic carbocycles. The fraction of sp³-hybridized carbons (Fsp3) is 0.167. The third-order valence-electron chi connectivity index (χ3n) is 5.31. The van der Waals surface area contributed by atoms with Crippen molar-refractivity contribution >= 4 is 40.1 Å². The molecular formula is C24H22N2O2S. The van der Waals surface area contributed by atoms with E-state index in [1.807, 2.05) is 75.5 Å². The number of hydrogen-bond acceptors (Lipinski definition) is 4. The summed E-state index contributed by atoms with van der Waals surface area (Å²) < 4.78 is 0. The minimum atomic E-state index is -0.327. The lowest BCUT2D eigenvalue weighted by Crippen LogP contribution is -2.33. The van der Waals surface area contributed by atoms with Crippen molar-refractivity contribution in [3.05, 3.63) is 86.7 Å². The van der Waals surface area contributed by atoms with E-state index in [1.54, 1.807) is 0 Å². The molecule has 2 amide bonds. The van der Waals surface area contributed by atoms with Gasteiger partial charge in [0, 0.05) is 10.6 Å². The average molecular weight is 403 g/mol. The summed E-state index contributed by atoms with van der Waals surface area (Å²) in [6.45, 7) is 7.93. The number of nitrogens with zero attached hydrogens (tertiary/aromatic N) is 1. The lowest BCUT2D eigenvalue weighted by atomic mass is 10.1. The molecule has 1 aromatic heterocycles. The molecule has 3 aromatic rings. The summed E-state index contributed by atoms with van der Waals surface area (Å²) in [6, 6.07) is 15.4. The SMILES string of the molecule is Cc1ccc(NC2=C(c3cccs3)C(=O)N(c3cccc(C)c3C)C2=O)c(C)c1. The molecule has 29 heavy (non-hydrogen) atoms. The summed E-state index contributed by atoms with van der Waals surface area (Å²) in [7, 11) is 0. The Bertz CT molecular complexity index is 1160. The van der Waals surface area contributed by atoms with Gasteiger partial charge in [0.05, 0.1) is 11.3 Å². The van der Waals surface area contributed by atoms with Crippen LogP contribution in [-0.4, -0.2) is 11.8 Å². The molecule has 4 nitrogen and oxygen atoms in total. The summed E-state index contributed by atoms with van der Waals surface area (Å²) >= 11 is 1.45. The number of aryl methyl sites for hydroxylation is 3. The first-order chi connectivity index (χ1) is 13.9. The minimum Gasteiger partial charge on any atom is -0.350 e. The lowest BCUT2D eigenvalue weighted by molar-refractivity contribution is -0.120. The zero-order chi connectivity index (χ0) is 20.7. The lowest BCUT2D eigenvalue weighted by Gasteiger charge is -2.19. The molecule has 2 heterocycles. The van der Waals surface area contributed by atoms with Crippen molar-refractivity contribution in [2.45, 2.75) is 27.7 Å². The van der Waals surface area contributed by atoms with E-state index in [2.05, 4.69) is 11.4 Å². The van der Waals surface area contributed by atoms with Crippen molar-refractivity contribution < 1.29 is 9.59 Å². The predicted octanol–water partition coefficient (Wildman–Crippen LogP) is 5.38. The molecule has 4 rings (SSSR count). The van der Waals surface area contributed by atoms with Gasteiger partial charge in [-0.05, 0) is 68.0 Å². The van der Waals surface area contributed by atoms with Crippen LogP contribution in [0.4, 0.5) is 11.4 Å². The average Bonchev–Trinajstić information content (AvgIpc) is 3.27. The van der Waals surface area contributed by atoms with E-state index >= 15 is 0 Å². The topological polar surface area (TPSA) is 49.4 Å². The van der Waals surface area contributed by atoms with Crippen LogP contribution in [0.15, 0.2) is 59.6 Å². The van der Waals surface area contributed by atoms with Crippen LogP contribution in [0, 0.1) is 27.7 Å². The van der Waals surface area contributed by atoms with Crippen LogP contribution in [0.3, 0.4) is 0 Å². The van der Waals surface area contributed by atoms with Gasteiger partial charge in [-0.1, -0.05) is 35.9 Å². The molecule has 0 atom stereocenters. The van der Waals surface area contributed by atoms with Gasteiger partial charge in [-0.3, -0.25) is 9.59 Å². The molecule has 146 valence electrons. The molecule has 0 saturated carbocycles. The largest absolute Gasteiger partial charge is 0.350 e. The minimum absolute atomic E-state index is 0.293. The van der Waals surface area contributed by atoms with E-state index in [1.165, 1.54) is 16.2 Å². The number of carbonyl (C=O) groups is 2. The van der Waals surface area contributed by atoms with Gasteiger partial charge in [-0.2, -0.15) is 0 Å². The molecule has 0 fully saturated rings. The predicted molar refractivity (Wildman–Crippen MR) is 119 cm³/mol. The highest BCUT2D eigenvalue weighted by molar-refractivity contribution is 7.11. The Hall–Kier alpha value is -3.18. The molecule has 1 aliphatic rings. The van der Waals surface area contributed by atoms with E-state index in [9.17, 15) is 9.59 Å². The van der Waals surface area contributed by atoms with Crippen molar-refractivity contribution in [2.75, 3.05) is 10.2 Å². The maximum atomic E-state index is 13.5. The number of anilines is 2. The van der Waals surface area contributed by atoms with Crippen LogP contribution < -0.4 is 10.2 Å². The van der Waals surface area contributed by atoms with Crippen LogP contribution in [0.1, 0.15) is 27.1 Å². The van der Waals surface area contributed by atoms with E-state index < -0.39 is 0 Å². The maximum absolute atomic E-state index is 13.5. The molecule has 0 unspecified atom stereocenters. The Labute approximate surface area is 174 Å². The summed E-state index contributed by atoms with van der Waals surface area (Å²) in [6.07, 6.45) is 0. The van der Waals surface area contributed by atoms with E-state index in [4.69, 9.17) is 0 Å². The molecule has 0 bridgehead atoms. The fourth-order valence-electron chi connectivity index (χ4n) is 3.58. The van der Waals surface area contributed by atoms with Gasteiger partial charge in [-0.25, -0.2) is 4.90 Å². The number of benzene rings is 2. The number of thiophene rings is 1. The molecular weight excluding hydrogens is 380 g/mol. The highest BCUT2D eigenvalue weighted by Crippen LogP contribution is 2.37. The number of amides is 2. The van der Waals surface area contributed by atoms with E-state index in [0.29, 0.717) is 17.0 Å². The van der Waals surface area contributed by atoms with Crippen molar-refractivity contribution in [1.29, 1.82) is 0 Å². The van der Waals surface area contributed by atoms with Crippen molar-refractivity contribution in [3.63, 3.8) is 0 Å². The Balaban J connectivity index is 1.84. The first-order valence-corrected chi connectivity index (χ1v) is 10.3. The summed E-state index contributed by atoms with van der Waals surface area (Å²) in [5.74, 6) is -0.620. The Morgan fingerprint density at radius 2 is 1.66 bits per heavy atom. The van der Waals surface area contributed by atoms with Crippen LogP contribution in [0.25, 0.3) is 5.57 Å². The Morgan fingerprint density at radius 3 is 2.34 bits per heavy atom. The van der Waals surface area contributed by atoms with Crippen molar-refractivity contribution in [1.82, 2.24) is 0 Å². The second kappa shape index (κ2) is 7.33. The molecule has 0 radical (unpaired) electrons. The standard InChI is InChI=1S/C24H22N2O2S/c1-14-10-11-18(16(3)13-14)25-22-21(20-9-6-12-29-20)23(27)26(24(22)28)19-8-5-7-15(2)17(19)4/h5-13,25H,1-4H3. The van der Waals surface area contributed by atoms with E-state index in [-0.39, 0.29) is 11.8 Å². The smallest absolute Gasteiger partial charge is 0.282 e. The zero-order valence-electron chi connectivity index (χ0n) is 16.9. The summed E-state index contributed by atoms with van der Waals surface area (Å²) in [5, 5.41) is 5.18. The maximum Gasteiger partial charge on any atom is 0.282 e. The molecule has 0 spiro atoms. The zero-order valence-corrected chi connectivity index (χ0v) is 17.7. The first-order valence-electron chi connectivity index (χ1n) is 9.46. The van der Waals surface area contributed by atoms with Gasteiger partial charge in [0.1, 0.15) is 5.70 Å². The highest BCUT2D eigenvalue weighted by atomic mass is 32.1. The van der Waals surface area contributed by atoms with Crippen LogP contribution in [0.5, 0.6) is 0 Å². The first kappa shape index (κ1) is 19.2. The van der Waals surface area contributed by atoms with Gasteiger partial charge in [-0.15, -0.1) is 11.3 Å². The van der Waals surface area contributed by atoms with Crippen molar-refractivity contribution in [2.24, 2.45) is 0 Å². The normalized spacial score (nSPS) is 14.1. The second-order valence-corrected chi connectivity index (χ2v) is 8.28. The van der Waals surface area contributed by atoms with Crippen LogP contribution >= 0.6 is 11.3 Å². The van der Waals surface area contributed by atoms with Gasteiger partial charge >= 0.3 is 0 Å². The van der Waals surface area contributed by atoms with Gasteiger partial charge in [0.25, 0.3) is 11.8 Å². The molecule has 0 saturated heterocycles. The number of rotatable bonds is 4. The van der Waals surface area contributed by atoms with Crippen LogP contribution in [0.2, 0.25) is 0 Å². The highest BCUT2D eigenvalue weighted by Gasteiger charge is 2.41. The number of imide groups is 1. The quantitative estimate of drug-likeness (QED) is 0.596. The number of nitrogens with one attached hydrogen (secondary N) is 1. The Morgan fingerprint density at radius 1 is 0.862 bits per heavy atom. The summed E-state index contributed by atoms with van der Waals surface area (Å²) in [4.78, 5) is 29.0. The second-order valence-electron chi connectivity index (χ2n) is 7.34. The fourth-order valence-corrected chi connectivity index (χ4v) is 4.35. The van der Waals surface area contributed by atoms with Gasteiger partial charge < -0.3 is 5.32 Å². The Kier molecular flexibility index (Phi) is 4.84.